The maximum Gasteiger partial charge on any atom is 0.280 e. The van der Waals surface area contributed by atoms with Gasteiger partial charge in [0.1, 0.15) is 0 Å². The lowest BCUT2D eigenvalue weighted by atomic mass is 10.1. The van der Waals surface area contributed by atoms with Crippen molar-refractivity contribution in [1.29, 1.82) is 0 Å². The Morgan fingerprint density at radius 2 is 1.83 bits per heavy atom. The Bertz CT molecular complexity index is 929. The summed E-state index contributed by atoms with van der Waals surface area (Å²) in [5, 5.41) is 3.17. The number of aromatic amines is 1. The molecule has 0 unspecified atom stereocenters. The summed E-state index contributed by atoms with van der Waals surface area (Å²) in [7, 11) is 1.87. The molecular weight excluding hydrogens is 460 g/mol. The van der Waals surface area contributed by atoms with Crippen LogP contribution in [-0.4, -0.2) is 65.1 Å². The first-order valence-electron chi connectivity index (χ1n) is 12.2. The number of aromatic nitrogens is 2. The normalized spacial score (nSPS) is 12.1. The van der Waals surface area contributed by atoms with E-state index in [0.717, 1.165) is 74.6 Å². The van der Waals surface area contributed by atoms with Crippen molar-refractivity contribution in [3.8, 4) is 0 Å². The highest BCUT2D eigenvalue weighted by atomic mass is 32.2. The summed E-state index contributed by atoms with van der Waals surface area (Å²) in [6.45, 7) is 4.37. The number of carbonyl (C=O) groups excluding carboxylic acids is 1. The first-order valence-corrected chi connectivity index (χ1v) is 13.4. The standard InChI is InChI=1S/C25H40N8OS/c1-20-22(31-19-30-20)18-35-17-15-29-24(26)28-14-10-5-3-4-6-11-16-33(2)25(27)32-23(34)21-12-8-7-9-13-21/h7-9,12-13,19H,3-6,10-11,14-18H2,1-2H3,(H,30,31)(H3,26,28,29)(H2,27,32,34). The fraction of sp³-hybridized carbons (Fsp3) is 0.520. The summed E-state index contributed by atoms with van der Waals surface area (Å²) in [5.41, 5.74) is 14.7. The van der Waals surface area contributed by atoms with E-state index in [4.69, 9.17) is 11.5 Å². The number of hydrogen-bond donors (Lipinski definition) is 4. The number of aryl methyl sites for hydroxylation is 1. The number of imidazole rings is 1. The Balaban J connectivity index is 1.44. The van der Waals surface area contributed by atoms with E-state index in [1.54, 1.807) is 18.5 Å². The molecule has 1 heterocycles. The fourth-order valence-electron chi connectivity index (χ4n) is 3.33. The third-order valence-electron chi connectivity index (χ3n) is 5.54. The van der Waals surface area contributed by atoms with Gasteiger partial charge < -0.3 is 26.7 Å². The van der Waals surface area contributed by atoms with Crippen LogP contribution in [0.5, 0.6) is 0 Å². The van der Waals surface area contributed by atoms with Crippen molar-refractivity contribution in [3.05, 3.63) is 53.6 Å². The van der Waals surface area contributed by atoms with E-state index in [2.05, 4.69) is 25.3 Å². The third kappa shape index (κ3) is 11.8. The summed E-state index contributed by atoms with van der Waals surface area (Å²) in [4.78, 5) is 29.7. The molecule has 2 rings (SSSR count). The molecule has 0 aliphatic carbocycles. The molecule has 35 heavy (non-hydrogen) atoms. The van der Waals surface area contributed by atoms with E-state index in [1.165, 1.54) is 6.42 Å². The summed E-state index contributed by atoms with van der Waals surface area (Å²) in [5.74, 6) is 2.33. The molecule has 0 spiro atoms. The van der Waals surface area contributed by atoms with Crippen molar-refractivity contribution in [1.82, 2.24) is 20.2 Å². The number of aliphatic imine (C=N–C) groups is 2. The smallest absolute Gasteiger partial charge is 0.280 e. The molecule has 1 aromatic carbocycles. The van der Waals surface area contributed by atoms with Crippen molar-refractivity contribution in [3.63, 3.8) is 0 Å². The first-order chi connectivity index (χ1) is 17.0. The van der Waals surface area contributed by atoms with Crippen LogP contribution in [0.4, 0.5) is 0 Å². The number of nitrogens with one attached hydrogen (secondary N) is 2. The lowest BCUT2D eigenvalue weighted by Crippen LogP contribution is -2.35. The lowest BCUT2D eigenvalue weighted by Gasteiger charge is -2.17. The molecule has 1 amide bonds. The van der Waals surface area contributed by atoms with Crippen LogP contribution >= 0.6 is 11.8 Å². The van der Waals surface area contributed by atoms with Gasteiger partial charge in [0.05, 0.1) is 12.0 Å². The molecule has 0 fully saturated rings. The maximum absolute atomic E-state index is 12.1. The predicted molar refractivity (Wildman–Crippen MR) is 147 cm³/mol. The molecule has 6 N–H and O–H groups in total. The summed E-state index contributed by atoms with van der Waals surface area (Å²) in [6.07, 6.45) is 8.38. The SMILES string of the molecule is Cc1[nH]cnc1CSCCNC(N)=NCCCCCCCCN(C)C(N)=NC(=O)c1ccccc1. The molecular formula is C25H40N8OS. The van der Waals surface area contributed by atoms with Gasteiger partial charge in [-0.25, -0.2) is 4.98 Å². The summed E-state index contributed by atoms with van der Waals surface area (Å²) >= 11 is 1.83. The Kier molecular flexibility index (Phi) is 13.4. The van der Waals surface area contributed by atoms with Crippen molar-refractivity contribution in [2.24, 2.45) is 21.5 Å². The minimum atomic E-state index is -0.312. The number of hydrogen-bond acceptors (Lipinski definition) is 4. The van der Waals surface area contributed by atoms with Crippen LogP contribution in [0, 0.1) is 6.92 Å². The fourth-order valence-corrected chi connectivity index (χ4v) is 4.20. The van der Waals surface area contributed by atoms with Gasteiger partial charge in [0.2, 0.25) is 0 Å². The monoisotopic (exact) mass is 500 g/mol. The number of unbranched alkanes of at least 4 members (excludes halogenated alkanes) is 5. The second-order valence-corrected chi connectivity index (χ2v) is 9.51. The van der Waals surface area contributed by atoms with Gasteiger partial charge in [-0.3, -0.25) is 9.79 Å². The van der Waals surface area contributed by atoms with Gasteiger partial charge in [-0.05, 0) is 31.9 Å². The predicted octanol–water partition coefficient (Wildman–Crippen LogP) is 3.28. The van der Waals surface area contributed by atoms with Gasteiger partial charge in [0.25, 0.3) is 5.91 Å². The Hall–Kier alpha value is -3.01. The van der Waals surface area contributed by atoms with E-state index in [-0.39, 0.29) is 11.9 Å². The Morgan fingerprint density at radius 1 is 1.11 bits per heavy atom. The van der Waals surface area contributed by atoms with Crippen LogP contribution in [0.25, 0.3) is 0 Å². The lowest BCUT2D eigenvalue weighted by molar-refractivity contribution is 0.100. The van der Waals surface area contributed by atoms with Crippen LogP contribution in [-0.2, 0) is 5.75 Å². The number of nitrogens with two attached hydrogens (primary N) is 2. The number of guanidine groups is 2. The van der Waals surface area contributed by atoms with E-state index in [0.29, 0.717) is 11.5 Å². The highest BCUT2D eigenvalue weighted by molar-refractivity contribution is 7.98. The zero-order valence-corrected chi connectivity index (χ0v) is 21.8. The van der Waals surface area contributed by atoms with Crippen LogP contribution in [0.1, 0.15) is 60.3 Å². The number of H-pyrrole nitrogens is 1. The van der Waals surface area contributed by atoms with Crippen LogP contribution < -0.4 is 16.8 Å². The number of amides is 1. The molecule has 0 atom stereocenters. The zero-order chi connectivity index (χ0) is 25.3. The number of nitrogens with zero attached hydrogens (tertiary/aromatic N) is 4. The molecule has 10 heteroatoms. The zero-order valence-electron chi connectivity index (χ0n) is 21.0. The number of benzene rings is 1. The van der Waals surface area contributed by atoms with Gasteiger partial charge >= 0.3 is 0 Å². The highest BCUT2D eigenvalue weighted by Gasteiger charge is 2.07. The summed E-state index contributed by atoms with van der Waals surface area (Å²) < 4.78 is 0. The Morgan fingerprint density at radius 3 is 2.54 bits per heavy atom. The van der Waals surface area contributed by atoms with Gasteiger partial charge in [0.15, 0.2) is 11.9 Å². The third-order valence-corrected chi connectivity index (χ3v) is 6.51. The largest absolute Gasteiger partial charge is 0.370 e. The molecule has 0 aliphatic heterocycles. The molecule has 0 radical (unpaired) electrons. The summed E-state index contributed by atoms with van der Waals surface area (Å²) in [6, 6.07) is 8.96. The van der Waals surface area contributed by atoms with Crippen molar-refractivity contribution < 1.29 is 4.79 Å². The van der Waals surface area contributed by atoms with Gasteiger partial charge in [-0.2, -0.15) is 16.8 Å². The molecule has 0 aliphatic rings. The Labute approximate surface area is 213 Å². The minimum Gasteiger partial charge on any atom is -0.370 e. The van der Waals surface area contributed by atoms with Crippen molar-refractivity contribution >= 4 is 29.6 Å². The van der Waals surface area contributed by atoms with E-state index in [1.807, 2.05) is 48.8 Å². The van der Waals surface area contributed by atoms with Gasteiger partial charge in [0, 0.05) is 49.4 Å². The van der Waals surface area contributed by atoms with E-state index in [9.17, 15) is 4.79 Å². The van der Waals surface area contributed by atoms with Crippen LogP contribution in [0.15, 0.2) is 46.6 Å². The highest BCUT2D eigenvalue weighted by Crippen LogP contribution is 2.11. The number of carbonyl (C=O) groups is 1. The number of thioether (sulfide) groups is 1. The van der Waals surface area contributed by atoms with Gasteiger partial charge in [-0.15, -0.1) is 0 Å². The second-order valence-electron chi connectivity index (χ2n) is 8.40. The second kappa shape index (κ2) is 16.6. The molecule has 0 saturated heterocycles. The van der Waals surface area contributed by atoms with Gasteiger partial charge in [-0.1, -0.05) is 43.9 Å². The molecule has 1 aromatic heterocycles. The van der Waals surface area contributed by atoms with Crippen LogP contribution in [0.3, 0.4) is 0 Å². The molecule has 0 saturated carbocycles. The maximum atomic E-state index is 12.1. The molecule has 9 nitrogen and oxygen atoms in total. The minimum absolute atomic E-state index is 0.259. The first kappa shape index (κ1) is 28.2. The van der Waals surface area contributed by atoms with E-state index >= 15 is 0 Å². The van der Waals surface area contributed by atoms with Crippen molar-refractivity contribution in [2.75, 3.05) is 32.4 Å². The topological polar surface area (TPSA) is 138 Å². The average Bonchev–Trinajstić information content (AvgIpc) is 3.27. The average molecular weight is 501 g/mol. The molecule has 0 bridgehead atoms. The van der Waals surface area contributed by atoms with Crippen molar-refractivity contribution in [2.45, 2.75) is 51.2 Å². The van der Waals surface area contributed by atoms with Crippen LogP contribution in [0.2, 0.25) is 0 Å². The molecule has 2 aromatic rings. The molecule has 192 valence electrons. The number of rotatable bonds is 15. The van der Waals surface area contributed by atoms with E-state index < -0.39 is 0 Å². The quantitative estimate of drug-likeness (QED) is 0.167.